The van der Waals surface area contributed by atoms with Crippen LogP contribution in [0.1, 0.15) is 48.5 Å². The number of aliphatic hydroxyl groups is 1. The van der Waals surface area contributed by atoms with Crippen LogP contribution in [0.15, 0.2) is 0 Å². The monoisotopic (exact) mass is 215 g/mol. The minimum atomic E-state index is -0.670. The summed E-state index contributed by atoms with van der Waals surface area (Å²) in [6, 6.07) is -0.495. The zero-order valence-electron chi connectivity index (χ0n) is 11.0. The van der Waals surface area contributed by atoms with Gasteiger partial charge in [-0.25, -0.2) is 0 Å². The fourth-order valence-corrected chi connectivity index (χ4v) is 1.34. The van der Waals surface area contributed by atoms with Crippen molar-refractivity contribution in [2.45, 2.75) is 66.2 Å². The van der Waals surface area contributed by atoms with Gasteiger partial charge in [0.15, 0.2) is 5.78 Å². The second-order valence-corrected chi connectivity index (χ2v) is 6.23. The van der Waals surface area contributed by atoms with Crippen LogP contribution in [0.25, 0.3) is 0 Å². The molecular formula is C12H25NO2. The van der Waals surface area contributed by atoms with Crippen LogP contribution in [0.2, 0.25) is 0 Å². The van der Waals surface area contributed by atoms with E-state index in [1.807, 2.05) is 41.5 Å². The first kappa shape index (κ1) is 14.6. The summed E-state index contributed by atoms with van der Waals surface area (Å²) >= 11 is 0. The number of nitrogens with one attached hydrogen (secondary N) is 1. The Bertz CT molecular complexity index is 221. The molecule has 3 heteroatoms. The zero-order chi connectivity index (χ0) is 12.4. The van der Waals surface area contributed by atoms with Crippen LogP contribution < -0.4 is 5.32 Å². The average molecular weight is 215 g/mol. The topological polar surface area (TPSA) is 49.3 Å². The van der Waals surface area contributed by atoms with E-state index < -0.39 is 17.6 Å². The second-order valence-electron chi connectivity index (χ2n) is 6.23. The van der Waals surface area contributed by atoms with Crippen molar-refractivity contribution in [2.75, 3.05) is 0 Å². The van der Waals surface area contributed by atoms with E-state index in [2.05, 4.69) is 5.32 Å². The highest BCUT2D eigenvalue weighted by Crippen LogP contribution is 2.19. The number of aliphatic hydroxyl groups excluding tert-OH is 1. The van der Waals surface area contributed by atoms with Crippen LogP contribution >= 0.6 is 0 Å². The van der Waals surface area contributed by atoms with E-state index in [0.717, 1.165) is 0 Å². The first-order valence-electron chi connectivity index (χ1n) is 5.45. The molecule has 0 aromatic heterocycles. The van der Waals surface area contributed by atoms with E-state index in [1.165, 1.54) is 0 Å². The number of carbonyl (C=O) groups is 1. The van der Waals surface area contributed by atoms with Crippen LogP contribution in [-0.4, -0.2) is 28.6 Å². The van der Waals surface area contributed by atoms with Crippen molar-refractivity contribution in [1.29, 1.82) is 0 Å². The minimum absolute atomic E-state index is 0.0485. The molecular weight excluding hydrogens is 190 g/mol. The van der Waals surface area contributed by atoms with Gasteiger partial charge in [0.2, 0.25) is 0 Å². The molecule has 2 N–H and O–H groups in total. The van der Waals surface area contributed by atoms with Gasteiger partial charge in [0.25, 0.3) is 0 Å². The van der Waals surface area contributed by atoms with Crippen molar-refractivity contribution in [3.63, 3.8) is 0 Å². The molecule has 90 valence electrons. The van der Waals surface area contributed by atoms with Gasteiger partial charge in [-0.15, -0.1) is 0 Å². The molecule has 15 heavy (non-hydrogen) atoms. The van der Waals surface area contributed by atoms with Gasteiger partial charge in [-0.2, -0.15) is 0 Å². The van der Waals surface area contributed by atoms with Gasteiger partial charge < -0.3 is 10.4 Å². The average Bonchev–Trinajstić information content (AvgIpc) is 1.94. The largest absolute Gasteiger partial charge is 0.391 e. The highest BCUT2D eigenvalue weighted by atomic mass is 16.3. The van der Waals surface area contributed by atoms with E-state index in [0.29, 0.717) is 0 Å². The summed E-state index contributed by atoms with van der Waals surface area (Å²) in [5, 5.41) is 12.8. The molecule has 0 saturated heterocycles. The van der Waals surface area contributed by atoms with Gasteiger partial charge >= 0.3 is 0 Å². The smallest absolute Gasteiger partial charge is 0.157 e. The Balaban J connectivity index is 4.77. The van der Waals surface area contributed by atoms with E-state index in [1.54, 1.807) is 6.92 Å². The molecule has 0 aromatic rings. The SMILES string of the molecule is C[C@@H](O)[C@H](NC(C)(C)C)C(=O)C(C)(C)C. The summed E-state index contributed by atoms with van der Waals surface area (Å²) in [6.07, 6.45) is -0.670. The van der Waals surface area contributed by atoms with Crippen LogP contribution in [0.4, 0.5) is 0 Å². The van der Waals surface area contributed by atoms with Crippen LogP contribution in [-0.2, 0) is 4.79 Å². The number of hydrogen-bond acceptors (Lipinski definition) is 3. The van der Waals surface area contributed by atoms with Crippen molar-refractivity contribution in [1.82, 2.24) is 5.32 Å². The molecule has 0 aliphatic heterocycles. The summed E-state index contributed by atoms with van der Waals surface area (Å²) in [5.41, 5.74) is -0.609. The second kappa shape index (κ2) is 4.62. The van der Waals surface area contributed by atoms with Crippen molar-refractivity contribution >= 4 is 5.78 Å². The highest BCUT2D eigenvalue weighted by Gasteiger charge is 2.34. The molecule has 0 aliphatic carbocycles. The number of hydrogen-bond donors (Lipinski definition) is 2. The number of carbonyl (C=O) groups excluding carboxylic acids is 1. The summed E-state index contributed by atoms with van der Waals surface area (Å²) in [6.45, 7) is 13.2. The third-order valence-electron chi connectivity index (χ3n) is 2.09. The summed E-state index contributed by atoms with van der Waals surface area (Å²) in [5.74, 6) is 0.0485. The summed E-state index contributed by atoms with van der Waals surface area (Å²) < 4.78 is 0. The predicted molar refractivity (Wildman–Crippen MR) is 62.8 cm³/mol. The van der Waals surface area contributed by atoms with Crippen molar-refractivity contribution in [3.8, 4) is 0 Å². The number of ketones is 1. The van der Waals surface area contributed by atoms with Gasteiger partial charge in [-0.3, -0.25) is 4.79 Å². The first-order chi connectivity index (χ1) is 6.45. The maximum Gasteiger partial charge on any atom is 0.157 e. The molecule has 0 aromatic carbocycles. The maximum absolute atomic E-state index is 12.1. The lowest BCUT2D eigenvalue weighted by atomic mass is 9.84. The molecule has 0 heterocycles. The molecule has 0 fully saturated rings. The van der Waals surface area contributed by atoms with E-state index in [-0.39, 0.29) is 11.3 Å². The molecule has 0 amide bonds. The summed E-state index contributed by atoms with van der Waals surface area (Å²) in [7, 11) is 0. The molecule has 2 atom stereocenters. The fraction of sp³-hybridized carbons (Fsp3) is 0.917. The number of Topliss-reactive ketones (excluding diaryl/α,β-unsaturated/α-hetero) is 1. The lowest BCUT2D eigenvalue weighted by Gasteiger charge is -2.33. The molecule has 0 saturated carbocycles. The first-order valence-corrected chi connectivity index (χ1v) is 5.45. The standard InChI is InChI=1S/C12H25NO2/c1-8(14)9(13-12(5,6)7)10(15)11(2,3)4/h8-9,13-14H,1-7H3/t8-,9+/m1/s1. The van der Waals surface area contributed by atoms with E-state index in [4.69, 9.17) is 0 Å². The van der Waals surface area contributed by atoms with E-state index >= 15 is 0 Å². The van der Waals surface area contributed by atoms with Gasteiger partial charge in [-0.05, 0) is 27.7 Å². The molecule has 3 nitrogen and oxygen atoms in total. The van der Waals surface area contributed by atoms with Gasteiger partial charge in [0, 0.05) is 11.0 Å². The highest BCUT2D eigenvalue weighted by molar-refractivity contribution is 5.89. The third kappa shape index (κ3) is 5.28. The minimum Gasteiger partial charge on any atom is -0.391 e. The summed E-state index contributed by atoms with van der Waals surface area (Å²) in [4.78, 5) is 12.1. The third-order valence-corrected chi connectivity index (χ3v) is 2.09. The quantitative estimate of drug-likeness (QED) is 0.754. The van der Waals surface area contributed by atoms with Gasteiger partial charge in [0.05, 0.1) is 12.1 Å². The Morgan fingerprint density at radius 2 is 1.53 bits per heavy atom. The van der Waals surface area contributed by atoms with Crippen molar-refractivity contribution in [3.05, 3.63) is 0 Å². The Morgan fingerprint density at radius 3 is 1.73 bits per heavy atom. The molecule has 0 bridgehead atoms. The zero-order valence-corrected chi connectivity index (χ0v) is 11.0. The molecule has 0 rings (SSSR count). The molecule has 0 unspecified atom stereocenters. The van der Waals surface area contributed by atoms with Crippen LogP contribution in [0.3, 0.4) is 0 Å². The Morgan fingerprint density at radius 1 is 1.13 bits per heavy atom. The maximum atomic E-state index is 12.1. The Hall–Kier alpha value is -0.410. The molecule has 0 spiro atoms. The Kier molecular flexibility index (Phi) is 4.49. The van der Waals surface area contributed by atoms with Crippen LogP contribution in [0, 0.1) is 5.41 Å². The van der Waals surface area contributed by atoms with Gasteiger partial charge in [-0.1, -0.05) is 20.8 Å². The Labute approximate surface area is 93.3 Å². The molecule has 0 aliphatic rings. The molecule has 0 radical (unpaired) electrons. The normalized spacial score (nSPS) is 17.3. The number of rotatable bonds is 3. The predicted octanol–water partition coefficient (Wildman–Crippen LogP) is 1.74. The van der Waals surface area contributed by atoms with Crippen LogP contribution in [0.5, 0.6) is 0 Å². The van der Waals surface area contributed by atoms with Crippen molar-refractivity contribution < 1.29 is 9.90 Å². The fourth-order valence-electron chi connectivity index (χ4n) is 1.34. The van der Waals surface area contributed by atoms with E-state index in [9.17, 15) is 9.90 Å². The van der Waals surface area contributed by atoms with Gasteiger partial charge in [0.1, 0.15) is 0 Å². The lowest BCUT2D eigenvalue weighted by Crippen LogP contribution is -2.55. The lowest BCUT2D eigenvalue weighted by molar-refractivity contribution is -0.131. The van der Waals surface area contributed by atoms with Crippen molar-refractivity contribution in [2.24, 2.45) is 5.41 Å².